The maximum atomic E-state index is 5.61. The van der Waals surface area contributed by atoms with Crippen LogP contribution in [0.2, 0.25) is 0 Å². The Balaban J connectivity index is 2.00. The number of benzene rings is 1. The number of aliphatic imine (C=N–C) groups is 1. The lowest BCUT2D eigenvalue weighted by Gasteiger charge is -2.22. The number of likely N-dealkylation sites (tertiary alicyclic amines) is 1. The smallest absolute Gasteiger partial charge is 0.194 e. The molecule has 1 heterocycles. The zero-order valence-corrected chi connectivity index (χ0v) is 14.5. The van der Waals surface area contributed by atoms with E-state index in [0.717, 1.165) is 44.2 Å². The van der Waals surface area contributed by atoms with Crippen LogP contribution in [0.15, 0.2) is 35.3 Å². The minimum Gasteiger partial charge on any atom is -0.384 e. The Hall–Kier alpha value is -1.59. The Bertz CT molecular complexity index is 478. The van der Waals surface area contributed by atoms with Gasteiger partial charge < -0.3 is 19.7 Å². The van der Waals surface area contributed by atoms with Crippen molar-refractivity contribution in [2.24, 2.45) is 10.9 Å². The molecule has 1 saturated heterocycles. The second-order valence-corrected chi connectivity index (χ2v) is 5.89. The summed E-state index contributed by atoms with van der Waals surface area (Å²) in [5, 5.41) is 3.40. The second-order valence-electron chi connectivity index (χ2n) is 5.89. The number of methoxy groups -OCH3 is 2. The maximum Gasteiger partial charge on any atom is 0.194 e. The topological polar surface area (TPSA) is 46.1 Å². The average Bonchev–Trinajstić information content (AvgIpc) is 3.04. The van der Waals surface area contributed by atoms with Gasteiger partial charge in [0.2, 0.25) is 0 Å². The van der Waals surface area contributed by atoms with Gasteiger partial charge in [-0.15, -0.1) is 0 Å². The zero-order valence-electron chi connectivity index (χ0n) is 14.5. The van der Waals surface area contributed by atoms with Crippen LogP contribution in [0.25, 0.3) is 0 Å². The molecule has 1 N–H and O–H groups in total. The summed E-state index contributed by atoms with van der Waals surface area (Å²) < 4.78 is 10.9. The van der Waals surface area contributed by atoms with Crippen LogP contribution in [0, 0.1) is 5.92 Å². The van der Waals surface area contributed by atoms with E-state index in [2.05, 4.69) is 29.3 Å². The lowest BCUT2D eigenvalue weighted by Crippen LogP contribution is -2.40. The number of hydrogen-bond donors (Lipinski definition) is 1. The van der Waals surface area contributed by atoms with Gasteiger partial charge in [0.15, 0.2) is 5.96 Å². The third-order valence-corrected chi connectivity index (χ3v) is 4.19. The van der Waals surface area contributed by atoms with Gasteiger partial charge in [0, 0.05) is 39.8 Å². The van der Waals surface area contributed by atoms with E-state index in [1.54, 1.807) is 14.2 Å². The van der Waals surface area contributed by atoms with Gasteiger partial charge in [-0.25, -0.2) is 0 Å². The highest BCUT2D eigenvalue weighted by molar-refractivity contribution is 5.80. The number of rotatable bonds is 7. The molecule has 5 heteroatoms. The number of nitrogens with zero attached hydrogens (tertiary/aromatic N) is 2. The molecule has 0 radical (unpaired) electrons. The van der Waals surface area contributed by atoms with E-state index in [4.69, 9.17) is 14.5 Å². The first-order valence-corrected chi connectivity index (χ1v) is 8.38. The minimum atomic E-state index is -0.0118. The minimum absolute atomic E-state index is 0.0118. The number of hydrogen-bond acceptors (Lipinski definition) is 3. The van der Waals surface area contributed by atoms with Crippen molar-refractivity contribution < 1.29 is 9.47 Å². The summed E-state index contributed by atoms with van der Waals surface area (Å²) in [6.07, 6.45) is 1.15. The first kappa shape index (κ1) is 17.8. The summed E-state index contributed by atoms with van der Waals surface area (Å²) in [7, 11) is 3.51. The quantitative estimate of drug-likeness (QED) is 0.619. The van der Waals surface area contributed by atoms with Crippen LogP contribution in [0.5, 0.6) is 0 Å². The van der Waals surface area contributed by atoms with E-state index in [1.807, 2.05) is 18.2 Å². The van der Waals surface area contributed by atoms with Gasteiger partial charge in [0.1, 0.15) is 6.10 Å². The molecule has 0 saturated carbocycles. The van der Waals surface area contributed by atoms with Crippen molar-refractivity contribution in [2.45, 2.75) is 19.4 Å². The molecule has 23 heavy (non-hydrogen) atoms. The Morgan fingerprint density at radius 3 is 2.78 bits per heavy atom. The van der Waals surface area contributed by atoms with Crippen molar-refractivity contribution in [3.8, 4) is 0 Å². The molecule has 1 aromatic carbocycles. The first-order valence-electron chi connectivity index (χ1n) is 8.38. The van der Waals surface area contributed by atoms with Gasteiger partial charge in [-0.1, -0.05) is 30.3 Å². The van der Waals surface area contributed by atoms with Crippen LogP contribution < -0.4 is 5.32 Å². The van der Waals surface area contributed by atoms with Crippen LogP contribution in [-0.2, 0) is 9.47 Å². The van der Waals surface area contributed by atoms with Gasteiger partial charge in [-0.3, -0.25) is 4.99 Å². The fourth-order valence-corrected chi connectivity index (χ4v) is 2.98. The average molecular weight is 319 g/mol. The SMILES string of the molecule is CCNC(=NCC(OC)c1ccccc1)N1CCC(COC)C1. The monoisotopic (exact) mass is 319 g/mol. The fraction of sp³-hybridized carbons (Fsp3) is 0.611. The van der Waals surface area contributed by atoms with E-state index < -0.39 is 0 Å². The van der Waals surface area contributed by atoms with Crippen LogP contribution in [0.3, 0.4) is 0 Å². The summed E-state index contributed by atoms with van der Waals surface area (Å²) in [4.78, 5) is 7.13. The number of guanidine groups is 1. The fourth-order valence-electron chi connectivity index (χ4n) is 2.98. The van der Waals surface area contributed by atoms with Crippen LogP contribution in [0.1, 0.15) is 25.0 Å². The van der Waals surface area contributed by atoms with Crippen molar-refractivity contribution in [1.82, 2.24) is 10.2 Å². The summed E-state index contributed by atoms with van der Waals surface area (Å²) in [6.45, 7) is 6.44. The molecule has 1 aliphatic rings. The molecule has 1 fully saturated rings. The Kier molecular flexibility index (Phi) is 7.36. The molecular weight excluding hydrogens is 290 g/mol. The highest BCUT2D eigenvalue weighted by atomic mass is 16.5. The highest BCUT2D eigenvalue weighted by Crippen LogP contribution is 2.19. The van der Waals surface area contributed by atoms with Crippen molar-refractivity contribution in [3.05, 3.63) is 35.9 Å². The van der Waals surface area contributed by atoms with Crippen molar-refractivity contribution in [2.75, 3.05) is 47.0 Å². The maximum absolute atomic E-state index is 5.61. The second kappa shape index (κ2) is 9.53. The van der Waals surface area contributed by atoms with E-state index in [1.165, 1.54) is 0 Å². The molecule has 0 amide bonds. The third kappa shape index (κ3) is 5.22. The predicted molar refractivity (Wildman–Crippen MR) is 93.7 cm³/mol. The number of ether oxygens (including phenoxy) is 2. The van der Waals surface area contributed by atoms with Crippen LogP contribution in [-0.4, -0.2) is 57.9 Å². The number of nitrogens with one attached hydrogen (secondary N) is 1. The molecule has 0 spiro atoms. The molecule has 5 nitrogen and oxygen atoms in total. The van der Waals surface area contributed by atoms with Gasteiger partial charge in [0.25, 0.3) is 0 Å². The van der Waals surface area contributed by atoms with Crippen molar-refractivity contribution in [1.29, 1.82) is 0 Å². The summed E-state index contributed by atoms with van der Waals surface area (Å²) >= 11 is 0. The standard InChI is InChI=1S/C18H29N3O2/c1-4-19-18(21-11-10-15(13-21)14-22-2)20-12-17(23-3)16-8-6-5-7-9-16/h5-9,15,17H,4,10-14H2,1-3H3,(H,19,20). The van der Waals surface area contributed by atoms with Gasteiger partial charge in [0.05, 0.1) is 13.2 Å². The normalized spacial score (nSPS) is 19.9. The van der Waals surface area contributed by atoms with Crippen LogP contribution in [0.4, 0.5) is 0 Å². The van der Waals surface area contributed by atoms with E-state index in [0.29, 0.717) is 12.5 Å². The molecule has 1 aliphatic heterocycles. The predicted octanol–water partition coefficient (Wildman–Crippen LogP) is 2.31. The lowest BCUT2D eigenvalue weighted by molar-refractivity contribution is 0.110. The van der Waals surface area contributed by atoms with Gasteiger partial charge in [-0.05, 0) is 18.9 Å². The summed E-state index contributed by atoms with van der Waals surface area (Å²) in [5.41, 5.74) is 1.16. The molecule has 2 unspecified atom stereocenters. The zero-order chi connectivity index (χ0) is 16.5. The van der Waals surface area contributed by atoms with Gasteiger partial charge >= 0.3 is 0 Å². The lowest BCUT2D eigenvalue weighted by atomic mass is 10.1. The molecular formula is C18H29N3O2. The molecule has 2 atom stereocenters. The molecule has 0 aliphatic carbocycles. The molecule has 0 aromatic heterocycles. The summed E-state index contributed by atoms with van der Waals surface area (Å²) in [5.74, 6) is 1.57. The van der Waals surface area contributed by atoms with Crippen molar-refractivity contribution >= 4 is 5.96 Å². The molecule has 1 aromatic rings. The van der Waals surface area contributed by atoms with E-state index in [-0.39, 0.29) is 6.10 Å². The molecule has 0 bridgehead atoms. The van der Waals surface area contributed by atoms with Crippen molar-refractivity contribution in [3.63, 3.8) is 0 Å². The Morgan fingerprint density at radius 1 is 1.35 bits per heavy atom. The first-order chi connectivity index (χ1) is 11.3. The van der Waals surface area contributed by atoms with Crippen LogP contribution >= 0.6 is 0 Å². The largest absolute Gasteiger partial charge is 0.384 e. The molecule has 128 valence electrons. The third-order valence-electron chi connectivity index (χ3n) is 4.19. The van der Waals surface area contributed by atoms with E-state index >= 15 is 0 Å². The molecule has 2 rings (SSSR count). The van der Waals surface area contributed by atoms with E-state index in [9.17, 15) is 0 Å². The Labute approximate surface area is 139 Å². The highest BCUT2D eigenvalue weighted by Gasteiger charge is 2.25. The summed E-state index contributed by atoms with van der Waals surface area (Å²) in [6, 6.07) is 10.3. The van der Waals surface area contributed by atoms with Gasteiger partial charge in [-0.2, -0.15) is 0 Å². The Morgan fingerprint density at radius 2 is 2.13 bits per heavy atom.